The van der Waals surface area contributed by atoms with Gasteiger partial charge in [-0.2, -0.15) is 0 Å². The molecule has 0 aliphatic heterocycles. The summed E-state index contributed by atoms with van der Waals surface area (Å²) in [6.07, 6.45) is 7.32. The van der Waals surface area contributed by atoms with Gasteiger partial charge < -0.3 is 18.5 Å². The highest BCUT2D eigenvalue weighted by molar-refractivity contribution is 9.10. The van der Waals surface area contributed by atoms with Gasteiger partial charge in [0.25, 0.3) is 0 Å². The minimum Gasteiger partial charge on any atom is -0.537 e. The number of allylic oxidation sites excluding steroid dienone is 4. The van der Waals surface area contributed by atoms with E-state index < -0.39 is 0 Å². The predicted molar refractivity (Wildman–Crippen MR) is 449 cm³/mol. The smallest absolute Gasteiger partial charge is 0.537 e. The first-order valence-electron chi connectivity index (χ1n) is 36.0. The lowest BCUT2D eigenvalue weighted by Gasteiger charge is -2.35. The first-order chi connectivity index (χ1) is 52.4. The quantitative estimate of drug-likeness (QED) is 0.128. The summed E-state index contributed by atoms with van der Waals surface area (Å²) >= 11 is 3.76. The van der Waals surface area contributed by atoms with Crippen LogP contribution in [0.5, 0.6) is 5.75 Å². The Labute approximate surface area is 620 Å². The van der Waals surface area contributed by atoms with Crippen LogP contribution in [-0.2, 0) is 0 Å². The van der Waals surface area contributed by atoms with Crippen molar-refractivity contribution in [2.45, 2.75) is 0 Å². The minimum absolute atomic E-state index is 0.137. The second-order valence-electron chi connectivity index (χ2n) is 27.8. The van der Waals surface area contributed by atoms with Crippen LogP contribution in [0.1, 0.15) is 16.7 Å². The molecule has 2 unspecified atom stereocenters. The molecule has 2 aromatic heterocycles. The van der Waals surface area contributed by atoms with Gasteiger partial charge in [-0.3, -0.25) is 0 Å². The molecule has 22 rings (SSSR count). The van der Waals surface area contributed by atoms with Crippen molar-refractivity contribution in [1.29, 1.82) is 0 Å². The summed E-state index contributed by atoms with van der Waals surface area (Å²) < 4.78 is 18.5. The molecule has 497 valence electrons. The van der Waals surface area contributed by atoms with Crippen LogP contribution in [0.4, 0.5) is 0 Å². The van der Waals surface area contributed by atoms with Crippen LogP contribution in [0.3, 0.4) is 0 Å². The van der Waals surface area contributed by atoms with Crippen molar-refractivity contribution in [2.75, 3.05) is 0 Å². The normalized spacial score (nSPS) is 14.1. The molecule has 6 heteroatoms. The van der Waals surface area contributed by atoms with Crippen LogP contribution in [0.2, 0.25) is 0 Å². The van der Waals surface area contributed by atoms with Gasteiger partial charge >= 0.3 is 7.69 Å². The molecular weight excluding hydrogens is 1360 g/mol. The fraction of sp³-hybridized carbons (Fsp3) is 0.0200. The van der Waals surface area contributed by atoms with E-state index in [0.29, 0.717) is 13.4 Å². The van der Waals surface area contributed by atoms with Crippen molar-refractivity contribution >= 4 is 170 Å². The van der Waals surface area contributed by atoms with E-state index in [1.807, 2.05) is 30.3 Å². The number of rotatable bonds is 7. The number of benzene rings is 18. The first-order valence-corrected chi connectivity index (χ1v) is 36.8. The summed E-state index contributed by atoms with van der Waals surface area (Å²) in [6, 6.07) is 124. The van der Waals surface area contributed by atoms with Crippen LogP contribution >= 0.6 is 15.9 Å². The van der Waals surface area contributed by atoms with Crippen LogP contribution in [0.15, 0.2) is 377 Å². The third-order valence-corrected chi connectivity index (χ3v) is 22.3. The van der Waals surface area contributed by atoms with Gasteiger partial charge in [-0.05, 0) is 225 Å². The molecule has 0 amide bonds. The number of fused-ring (bicyclic) bond motifs is 18. The molecule has 2 heterocycles. The first kappa shape index (κ1) is 62.9. The summed E-state index contributed by atoms with van der Waals surface area (Å²) in [4.78, 5) is 0. The zero-order valence-corrected chi connectivity index (χ0v) is 59.0. The third-order valence-electron chi connectivity index (χ3n) is 21.8. The summed E-state index contributed by atoms with van der Waals surface area (Å²) in [5, 5.41) is 35.8. The number of hydrogen-bond donors (Lipinski definition) is 1. The average molecular weight is 1420 g/mol. The standard InChI is InChI=1S/C50H32O.C34H21Br.C16H10BO3/c1-3-12-34-27-38(19-17-31(34)9-1)48-41-15-7-8-16-42(41)49(39-20-18-32-10-2-4-13-35(32)28-39)45-29-36(21-24-43(45)48)37-22-25-44-47(30-37)51-46-26-23-33-11-5-6-14-40(33)50(44)46;35-28-17-18-31-32(21-28)34(27-16-14-23-8-2-4-10-25(23)20-27)30-12-6-5-11-29(30)33(31)26-15-13-22-7-1-3-9-24(22)19-26;18-17-20-11-6-7-13-15(9-11)19-14-8-5-10-3-1-2-4-12(10)16(13)14/h1-30,43,45H;1-21H;1-9,18H. The molecule has 106 heavy (non-hydrogen) atoms. The Hall–Kier alpha value is -12.8. The topological polar surface area (TPSA) is 55.7 Å². The highest BCUT2D eigenvalue weighted by Crippen LogP contribution is 2.48. The summed E-state index contributed by atoms with van der Waals surface area (Å²) in [6.45, 7) is 0. The summed E-state index contributed by atoms with van der Waals surface area (Å²) in [7, 11) is 0.666. The van der Waals surface area contributed by atoms with Crippen LogP contribution in [0.25, 0.3) is 169 Å². The van der Waals surface area contributed by atoms with E-state index in [1.54, 1.807) is 6.07 Å². The second-order valence-corrected chi connectivity index (χ2v) is 28.7. The van der Waals surface area contributed by atoms with Crippen molar-refractivity contribution in [3.8, 4) is 28.0 Å². The zero-order valence-electron chi connectivity index (χ0n) is 57.4. The average Bonchev–Trinajstić information content (AvgIpc) is 0.901. The lowest BCUT2D eigenvalue weighted by molar-refractivity contribution is 0.453. The Balaban J connectivity index is 0.000000116. The lowest BCUT2D eigenvalue weighted by atomic mass is 9.68. The monoisotopic (exact) mass is 1420 g/mol. The van der Waals surface area contributed by atoms with Crippen molar-refractivity contribution in [3.05, 3.63) is 396 Å². The fourth-order valence-corrected chi connectivity index (χ4v) is 17.3. The molecule has 1 radical (unpaired) electrons. The molecule has 4 nitrogen and oxygen atoms in total. The molecule has 0 saturated heterocycles. The number of furan rings is 2. The molecule has 0 saturated carbocycles. The Morgan fingerprint density at radius 2 is 0.679 bits per heavy atom. The van der Waals surface area contributed by atoms with Crippen LogP contribution in [-0.4, -0.2) is 12.7 Å². The van der Waals surface area contributed by atoms with Gasteiger partial charge in [0, 0.05) is 43.9 Å². The maximum Gasteiger partial charge on any atom is 0.569 e. The minimum atomic E-state index is 0.137. The maximum absolute atomic E-state index is 8.70. The lowest BCUT2D eigenvalue weighted by Crippen LogP contribution is -2.40. The van der Waals surface area contributed by atoms with Crippen molar-refractivity contribution in [1.82, 2.24) is 0 Å². The molecule has 18 aromatic carbocycles. The van der Waals surface area contributed by atoms with Crippen molar-refractivity contribution < 1.29 is 18.5 Å². The molecular formula is C100H63BBrO4. The summed E-state index contributed by atoms with van der Waals surface area (Å²) in [5.41, 5.74) is 16.2. The van der Waals surface area contributed by atoms with E-state index >= 15 is 0 Å². The van der Waals surface area contributed by atoms with Crippen LogP contribution < -0.4 is 15.1 Å². The van der Waals surface area contributed by atoms with Gasteiger partial charge in [0.15, 0.2) is 0 Å². The SMILES string of the molecule is Brc1ccc2c(-c3ccc4ccccc4c3)c3ccccc3c(-c3ccc4ccccc4c3)c2c1.C1=CC2C(c3ccc4ccccc4c3)=c3ccccc3=C(c3ccc4ccccc4c3)C2C=C1c1ccc2c(c1)oc1ccc3ccccc3c12.O[B]Oc1ccc2c(c1)oc1ccc3ccccc3c12. The van der Waals surface area contributed by atoms with Crippen molar-refractivity contribution in [3.63, 3.8) is 0 Å². The summed E-state index contributed by atoms with van der Waals surface area (Å²) in [5.74, 6) is 0.855. The molecule has 2 atom stereocenters. The number of hydrogen-bond acceptors (Lipinski definition) is 4. The predicted octanol–water partition coefficient (Wildman–Crippen LogP) is 25.4. The van der Waals surface area contributed by atoms with Gasteiger partial charge in [-0.15, -0.1) is 0 Å². The Morgan fingerprint density at radius 3 is 1.20 bits per heavy atom. The van der Waals surface area contributed by atoms with E-state index in [4.69, 9.17) is 18.5 Å². The second kappa shape index (κ2) is 26.1. The zero-order chi connectivity index (χ0) is 70.3. The van der Waals surface area contributed by atoms with E-state index in [0.717, 1.165) is 43.0 Å². The molecule has 0 fully saturated rings. The van der Waals surface area contributed by atoms with Crippen molar-refractivity contribution in [2.24, 2.45) is 11.8 Å². The fourth-order valence-electron chi connectivity index (χ4n) is 17.0. The molecule has 0 bridgehead atoms. The molecule has 2 aliphatic carbocycles. The van der Waals surface area contributed by atoms with Gasteiger partial charge in [0.2, 0.25) is 0 Å². The van der Waals surface area contributed by atoms with Gasteiger partial charge in [-0.25, -0.2) is 0 Å². The maximum atomic E-state index is 8.70. The highest BCUT2D eigenvalue weighted by Gasteiger charge is 2.34. The Bertz CT molecular complexity index is 7220. The van der Waals surface area contributed by atoms with E-state index in [1.165, 1.54) is 158 Å². The van der Waals surface area contributed by atoms with Crippen LogP contribution in [0, 0.1) is 11.8 Å². The largest absolute Gasteiger partial charge is 0.569 e. The molecule has 2 aliphatic rings. The Morgan fingerprint density at radius 1 is 0.292 bits per heavy atom. The molecule has 20 aromatic rings. The van der Waals surface area contributed by atoms with Gasteiger partial charge in [0.1, 0.15) is 28.1 Å². The Kier molecular flexibility index (Phi) is 15.5. The molecule has 0 spiro atoms. The van der Waals surface area contributed by atoms with E-state index in [9.17, 15) is 0 Å². The highest BCUT2D eigenvalue weighted by atomic mass is 79.9. The molecule has 1 N–H and O–H groups in total. The van der Waals surface area contributed by atoms with Gasteiger partial charge in [-0.1, -0.05) is 301 Å². The number of halogens is 1. The third kappa shape index (κ3) is 10.9. The van der Waals surface area contributed by atoms with E-state index in [-0.39, 0.29) is 11.8 Å². The van der Waals surface area contributed by atoms with E-state index in [2.05, 4.69) is 344 Å². The van der Waals surface area contributed by atoms with Gasteiger partial charge in [0.05, 0.1) is 0 Å².